The highest BCUT2D eigenvalue weighted by Gasteiger charge is 2.08. The number of allylic oxidation sites excluding steroid dienone is 1. The standard InChI is InChI=1S/C21H25NO5S/c1-4-14-27-21-15-16(7-13-20(21)26-3)6-12-19(23)17-8-10-18(11-9-17)22-28(24,25)5-2/h6-13,15,22H,4-5,14H2,1-3H3/b12-6+. The van der Waals surface area contributed by atoms with Crippen LogP contribution in [0.1, 0.15) is 36.2 Å². The molecule has 0 heterocycles. The minimum absolute atomic E-state index is 0.0117. The van der Waals surface area contributed by atoms with Crippen molar-refractivity contribution in [2.45, 2.75) is 20.3 Å². The van der Waals surface area contributed by atoms with Gasteiger partial charge in [-0.15, -0.1) is 0 Å². The first-order chi connectivity index (χ1) is 13.4. The molecule has 6 nitrogen and oxygen atoms in total. The van der Waals surface area contributed by atoms with Gasteiger partial charge >= 0.3 is 0 Å². The monoisotopic (exact) mass is 403 g/mol. The van der Waals surface area contributed by atoms with Gasteiger partial charge in [0.05, 0.1) is 19.5 Å². The van der Waals surface area contributed by atoms with Crippen LogP contribution < -0.4 is 14.2 Å². The van der Waals surface area contributed by atoms with Crippen LogP contribution in [0.25, 0.3) is 6.08 Å². The molecule has 0 aliphatic carbocycles. The molecule has 0 amide bonds. The summed E-state index contributed by atoms with van der Waals surface area (Å²) in [5, 5.41) is 0. The van der Waals surface area contributed by atoms with Gasteiger partial charge < -0.3 is 9.47 Å². The van der Waals surface area contributed by atoms with Crippen LogP contribution in [0.2, 0.25) is 0 Å². The van der Waals surface area contributed by atoms with Crippen LogP contribution in [0.4, 0.5) is 5.69 Å². The molecule has 1 N–H and O–H groups in total. The third kappa shape index (κ3) is 6.13. The number of hydrogen-bond acceptors (Lipinski definition) is 5. The quantitative estimate of drug-likeness (QED) is 0.476. The summed E-state index contributed by atoms with van der Waals surface area (Å²) in [7, 11) is -1.76. The number of ketones is 1. The SMILES string of the molecule is CCCOc1cc(/C=C/C(=O)c2ccc(NS(=O)(=O)CC)cc2)ccc1OC. The number of benzene rings is 2. The minimum Gasteiger partial charge on any atom is -0.493 e. The molecule has 2 aromatic carbocycles. The number of anilines is 1. The Hall–Kier alpha value is -2.80. The molecule has 0 atom stereocenters. The van der Waals surface area contributed by atoms with Crippen LogP contribution in [-0.4, -0.2) is 33.7 Å². The number of sulfonamides is 1. The van der Waals surface area contributed by atoms with Gasteiger partial charge in [-0.25, -0.2) is 8.42 Å². The van der Waals surface area contributed by atoms with E-state index in [4.69, 9.17) is 9.47 Å². The van der Waals surface area contributed by atoms with Crippen LogP contribution in [0.5, 0.6) is 11.5 Å². The summed E-state index contributed by atoms with van der Waals surface area (Å²) < 4.78 is 36.6. The highest BCUT2D eigenvalue weighted by molar-refractivity contribution is 7.92. The highest BCUT2D eigenvalue weighted by Crippen LogP contribution is 2.28. The fraction of sp³-hybridized carbons (Fsp3) is 0.286. The lowest BCUT2D eigenvalue weighted by molar-refractivity contribution is 0.104. The molecule has 150 valence electrons. The third-order valence-electron chi connectivity index (χ3n) is 3.90. The van der Waals surface area contributed by atoms with Gasteiger partial charge in [0.1, 0.15) is 0 Å². The lowest BCUT2D eigenvalue weighted by atomic mass is 10.1. The van der Waals surface area contributed by atoms with Gasteiger partial charge in [0, 0.05) is 11.3 Å². The van der Waals surface area contributed by atoms with Crippen molar-refractivity contribution < 1.29 is 22.7 Å². The summed E-state index contributed by atoms with van der Waals surface area (Å²) in [5.41, 5.74) is 1.70. The molecule has 0 aliphatic heterocycles. The molecule has 28 heavy (non-hydrogen) atoms. The molecule has 0 spiro atoms. The van der Waals surface area contributed by atoms with Crippen molar-refractivity contribution in [1.82, 2.24) is 0 Å². The molecule has 2 aromatic rings. The van der Waals surface area contributed by atoms with Crippen LogP contribution in [0.3, 0.4) is 0 Å². The van der Waals surface area contributed by atoms with Gasteiger partial charge in [-0.2, -0.15) is 0 Å². The van der Waals surface area contributed by atoms with E-state index < -0.39 is 10.0 Å². The van der Waals surface area contributed by atoms with Crippen molar-refractivity contribution in [3.63, 3.8) is 0 Å². The summed E-state index contributed by atoms with van der Waals surface area (Å²) in [4.78, 5) is 12.4. The first kappa shape index (κ1) is 21.5. The number of ether oxygens (including phenoxy) is 2. The fourth-order valence-electron chi connectivity index (χ4n) is 2.34. The van der Waals surface area contributed by atoms with E-state index in [1.54, 1.807) is 50.4 Å². The number of hydrogen-bond donors (Lipinski definition) is 1. The van der Waals surface area contributed by atoms with Gasteiger partial charge in [-0.05, 0) is 61.4 Å². The Bertz CT molecular complexity index is 934. The molecule has 0 aromatic heterocycles. The molecular weight excluding hydrogens is 378 g/mol. The maximum atomic E-state index is 12.4. The Balaban J connectivity index is 2.10. The lowest BCUT2D eigenvalue weighted by Crippen LogP contribution is -2.14. The van der Waals surface area contributed by atoms with E-state index in [-0.39, 0.29) is 11.5 Å². The Morgan fingerprint density at radius 3 is 2.39 bits per heavy atom. The minimum atomic E-state index is -3.34. The van der Waals surface area contributed by atoms with E-state index in [2.05, 4.69) is 4.72 Å². The van der Waals surface area contributed by atoms with E-state index in [9.17, 15) is 13.2 Å². The van der Waals surface area contributed by atoms with Gasteiger partial charge in [0.25, 0.3) is 0 Å². The summed E-state index contributed by atoms with van der Waals surface area (Å²) in [5.74, 6) is 1.08. The van der Waals surface area contributed by atoms with Gasteiger partial charge in [0.15, 0.2) is 17.3 Å². The molecule has 0 fully saturated rings. The second-order valence-corrected chi connectivity index (χ2v) is 8.05. The molecule has 0 aliphatic rings. The second-order valence-electron chi connectivity index (χ2n) is 6.04. The van der Waals surface area contributed by atoms with Crippen LogP contribution in [0.15, 0.2) is 48.5 Å². The topological polar surface area (TPSA) is 81.7 Å². The van der Waals surface area contributed by atoms with Gasteiger partial charge in [-0.3, -0.25) is 9.52 Å². The number of carbonyl (C=O) groups is 1. The predicted molar refractivity (Wildman–Crippen MR) is 112 cm³/mol. The first-order valence-corrected chi connectivity index (χ1v) is 10.7. The van der Waals surface area contributed by atoms with Crippen molar-refractivity contribution in [2.75, 3.05) is 24.2 Å². The van der Waals surface area contributed by atoms with Crippen LogP contribution in [0, 0.1) is 0 Å². The maximum Gasteiger partial charge on any atom is 0.232 e. The summed E-state index contributed by atoms with van der Waals surface area (Å²) in [6.45, 7) is 4.16. The Kier molecular flexibility index (Phi) is 7.63. The zero-order valence-electron chi connectivity index (χ0n) is 16.3. The van der Waals surface area contributed by atoms with E-state index in [0.717, 1.165) is 12.0 Å². The first-order valence-electron chi connectivity index (χ1n) is 9.02. The number of carbonyl (C=O) groups excluding carboxylic acids is 1. The van der Waals surface area contributed by atoms with Crippen LogP contribution in [-0.2, 0) is 10.0 Å². The smallest absolute Gasteiger partial charge is 0.232 e. The number of rotatable bonds is 10. The average Bonchev–Trinajstić information content (AvgIpc) is 2.70. The average molecular weight is 404 g/mol. The molecule has 0 radical (unpaired) electrons. The summed E-state index contributed by atoms with van der Waals surface area (Å²) in [6.07, 6.45) is 4.05. The van der Waals surface area contributed by atoms with Crippen LogP contribution >= 0.6 is 0 Å². The summed E-state index contributed by atoms with van der Waals surface area (Å²) >= 11 is 0. The largest absolute Gasteiger partial charge is 0.493 e. The van der Waals surface area contributed by atoms with Gasteiger partial charge in [-0.1, -0.05) is 19.1 Å². The molecule has 0 unspecified atom stereocenters. The van der Waals surface area contributed by atoms with E-state index in [1.807, 2.05) is 19.1 Å². The Morgan fingerprint density at radius 2 is 1.79 bits per heavy atom. The van der Waals surface area contributed by atoms with E-state index in [1.165, 1.54) is 6.08 Å². The van der Waals surface area contributed by atoms with Crippen molar-refractivity contribution in [3.05, 3.63) is 59.7 Å². The Labute approximate surface area is 166 Å². The lowest BCUT2D eigenvalue weighted by Gasteiger charge is -2.10. The van der Waals surface area contributed by atoms with Crippen molar-refractivity contribution >= 4 is 27.6 Å². The highest BCUT2D eigenvalue weighted by atomic mass is 32.2. The normalized spacial score (nSPS) is 11.4. The molecule has 0 bridgehead atoms. The number of nitrogens with one attached hydrogen (secondary N) is 1. The van der Waals surface area contributed by atoms with Gasteiger partial charge in [0.2, 0.25) is 10.0 Å². The van der Waals surface area contributed by atoms with Crippen molar-refractivity contribution in [3.8, 4) is 11.5 Å². The van der Waals surface area contributed by atoms with E-state index in [0.29, 0.717) is 29.4 Å². The third-order valence-corrected chi connectivity index (χ3v) is 5.21. The Morgan fingerprint density at radius 1 is 1.07 bits per heavy atom. The fourth-order valence-corrected chi connectivity index (χ4v) is 2.98. The molecule has 7 heteroatoms. The molecule has 0 saturated carbocycles. The zero-order valence-corrected chi connectivity index (χ0v) is 17.1. The number of methoxy groups -OCH3 is 1. The van der Waals surface area contributed by atoms with Crippen molar-refractivity contribution in [2.24, 2.45) is 0 Å². The molecule has 2 rings (SSSR count). The molecule has 0 saturated heterocycles. The second kappa shape index (κ2) is 9.94. The predicted octanol–water partition coefficient (Wildman–Crippen LogP) is 4.14. The van der Waals surface area contributed by atoms with Crippen molar-refractivity contribution in [1.29, 1.82) is 0 Å². The maximum absolute atomic E-state index is 12.4. The summed E-state index contributed by atoms with van der Waals surface area (Å²) in [6, 6.07) is 11.8. The zero-order chi connectivity index (χ0) is 20.6. The van der Waals surface area contributed by atoms with E-state index >= 15 is 0 Å². The molecular formula is C21H25NO5S.